The fourth-order valence-electron chi connectivity index (χ4n) is 1.84. The minimum absolute atomic E-state index is 0.0648. The average Bonchev–Trinajstić information content (AvgIpc) is 2.31. The second-order valence-electron chi connectivity index (χ2n) is 4.35. The first-order valence-corrected chi connectivity index (χ1v) is 5.63. The lowest BCUT2D eigenvalue weighted by molar-refractivity contribution is 0.103. The topological polar surface area (TPSA) is 57.5 Å². The average molecular weight is 242 g/mol. The fraction of sp³-hybridized carbons (Fsp3) is 0.133. The molecule has 18 heavy (non-hydrogen) atoms. The molecule has 2 rings (SSSR count). The third-order valence-corrected chi connectivity index (χ3v) is 2.86. The van der Waals surface area contributed by atoms with Crippen LogP contribution in [-0.2, 0) is 0 Å². The molecule has 0 fully saturated rings. The Kier molecular flexibility index (Phi) is 3.06. The van der Waals surface area contributed by atoms with E-state index in [9.17, 15) is 15.0 Å². The highest BCUT2D eigenvalue weighted by Gasteiger charge is 2.15. The standard InChI is InChI=1S/C15H14O3/c1-9-3-4-10(2)13(7-9)15(18)12-6-5-11(16)8-14(12)17/h3-8,16-17H,1-2H3. The minimum atomic E-state index is -0.242. The molecule has 2 aromatic rings. The second-order valence-corrected chi connectivity index (χ2v) is 4.35. The molecule has 0 radical (unpaired) electrons. The molecule has 3 nitrogen and oxygen atoms in total. The van der Waals surface area contributed by atoms with Crippen molar-refractivity contribution in [2.75, 3.05) is 0 Å². The zero-order valence-electron chi connectivity index (χ0n) is 10.3. The van der Waals surface area contributed by atoms with Gasteiger partial charge in [0.1, 0.15) is 11.5 Å². The Balaban J connectivity index is 2.51. The molecule has 3 heteroatoms. The molecule has 0 spiro atoms. The first kappa shape index (κ1) is 12.2. The Morgan fingerprint density at radius 2 is 1.67 bits per heavy atom. The van der Waals surface area contributed by atoms with Gasteiger partial charge in [-0.05, 0) is 37.6 Å². The van der Waals surface area contributed by atoms with E-state index in [0.717, 1.165) is 11.1 Å². The third-order valence-electron chi connectivity index (χ3n) is 2.86. The summed E-state index contributed by atoms with van der Waals surface area (Å²) in [5.41, 5.74) is 2.61. The predicted molar refractivity (Wildman–Crippen MR) is 69.1 cm³/mol. The number of phenols is 2. The van der Waals surface area contributed by atoms with E-state index in [1.165, 1.54) is 18.2 Å². The van der Waals surface area contributed by atoms with E-state index in [2.05, 4.69) is 0 Å². The maximum absolute atomic E-state index is 12.3. The van der Waals surface area contributed by atoms with Gasteiger partial charge >= 0.3 is 0 Å². The summed E-state index contributed by atoms with van der Waals surface area (Å²) in [7, 11) is 0. The number of hydrogen-bond acceptors (Lipinski definition) is 3. The van der Waals surface area contributed by atoms with Crippen molar-refractivity contribution in [2.45, 2.75) is 13.8 Å². The number of aryl methyl sites for hydroxylation is 2. The molecular weight excluding hydrogens is 228 g/mol. The van der Waals surface area contributed by atoms with E-state index < -0.39 is 0 Å². The van der Waals surface area contributed by atoms with Gasteiger partial charge in [-0.1, -0.05) is 17.7 Å². The van der Waals surface area contributed by atoms with Crippen LogP contribution in [0.2, 0.25) is 0 Å². The molecule has 0 unspecified atom stereocenters. The summed E-state index contributed by atoms with van der Waals surface area (Å²) < 4.78 is 0. The van der Waals surface area contributed by atoms with Crippen LogP contribution in [0.25, 0.3) is 0 Å². The summed E-state index contributed by atoms with van der Waals surface area (Å²) in [4.78, 5) is 12.3. The lowest BCUT2D eigenvalue weighted by Crippen LogP contribution is -2.04. The van der Waals surface area contributed by atoms with Crippen molar-refractivity contribution in [1.82, 2.24) is 0 Å². The molecule has 0 aromatic heterocycles. The SMILES string of the molecule is Cc1ccc(C)c(C(=O)c2ccc(O)cc2O)c1. The van der Waals surface area contributed by atoms with Crippen molar-refractivity contribution in [1.29, 1.82) is 0 Å². The third kappa shape index (κ3) is 2.20. The van der Waals surface area contributed by atoms with Crippen molar-refractivity contribution in [3.63, 3.8) is 0 Å². The summed E-state index contributed by atoms with van der Waals surface area (Å²) in [6.45, 7) is 3.76. The molecular formula is C15H14O3. The Morgan fingerprint density at radius 1 is 0.944 bits per heavy atom. The zero-order chi connectivity index (χ0) is 13.3. The smallest absolute Gasteiger partial charge is 0.197 e. The van der Waals surface area contributed by atoms with Gasteiger partial charge in [0, 0.05) is 11.6 Å². The highest BCUT2D eigenvalue weighted by Crippen LogP contribution is 2.26. The van der Waals surface area contributed by atoms with Crippen molar-refractivity contribution < 1.29 is 15.0 Å². The number of benzene rings is 2. The highest BCUT2D eigenvalue weighted by molar-refractivity contribution is 6.11. The van der Waals surface area contributed by atoms with Gasteiger partial charge in [-0.2, -0.15) is 0 Å². The molecule has 0 saturated heterocycles. The van der Waals surface area contributed by atoms with Gasteiger partial charge in [0.05, 0.1) is 5.56 Å². The maximum Gasteiger partial charge on any atom is 0.197 e. The van der Waals surface area contributed by atoms with Gasteiger partial charge < -0.3 is 10.2 Å². The van der Waals surface area contributed by atoms with Crippen molar-refractivity contribution in [3.05, 3.63) is 58.7 Å². The molecule has 0 aliphatic heterocycles. The van der Waals surface area contributed by atoms with Crippen molar-refractivity contribution in [3.8, 4) is 11.5 Å². The Labute approximate surface area is 105 Å². The van der Waals surface area contributed by atoms with Crippen molar-refractivity contribution in [2.24, 2.45) is 0 Å². The van der Waals surface area contributed by atoms with Gasteiger partial charge in [0.15, 0.2) is 5.78 Å². The molecule has 0 aliphatic carbocycles. The van der Waals surface area contributed by atoms with E-state index >= 15 is 0 Å². The lowest BCUT2D eigenvalue weighted by Gasteiger charge is -2.08. The van der Waals surface area contributed by atoms with Crippen LogP contribution in [0.4, 0.5) is 0 Å². The van der Waals surface area contributed by atoms with Crippen LogP contribution in [0.15, 0.2) is 36.4 Å². The summed E-state index contributed by atoms with van der Waals surface area (Å²) >= 11 is 0. The second kappa shape index (κ2) is 4.53. The van der Waals surface area contributed by atoms with Crippen LogP contribution >= 0.6 is 0 Å². The van der Waals surface area contributed by atoms with Crippen molar-refractivity contribution >= 4 is 5.78 Å². The van der Waals surface area contributed by atoms with Gasteiger partial charge in [-0.3, -0.25) is 4.79 Å². The largest absolute Gasteiger partial charge is 0.508 e. The van der Waals surface area contributed by atoms with E-state index in [1.807, 2.05) is 26.0 Å². The molecule has 2 aromatic carbocycles. The first-order valence-electron chi connectivity index (χ1n) is 5.63. The summed E-state index contributed by atoms with van der Waals surface area (Å²) in [5.74, 6) is -0.514. The van der Waals surface area contributed by atoms with Crippen LogP contribution in [0, 0.1) is 13.8 Å². The molecule has 0 amide bonds. The number of rotatable bonds is 2. The fourth-order valence-corrected chi connectivity index (χ4v) is 1.84. The number of carbonyl (C=O) groups is 1. The molecule has 0 atom stereocenters. The number of phenolic OH excluding ortho intramolecular Hbond substituents is 2. The monoisotopic (exact) mass is 242 g/mol. The van der Waals surface area contributed by atoms with Crippen LogP contribution in [-0.4, -0.2) is 16.0 Å². The summed E-state index contributed by atoms with van der Waals surface area (Å²) in [5, 5.41) is 18.9. The number of hydrogen-bond donors (Lipinski definition) is 2. The van der Waals surface area contributed by atoms with E-state index in [0.29, 0.717) is 5.56 Å². The van der Waals surface area contributed by atoms with Crippen LogP contribution in [0.1, 0.15) is 27.0 Å². The van der Waals surface area contributed by atoms with Crippen LogP contribution in [0.5, 0.6) is 11.5 Å². The molecule has 92 valence electrons. The Hall–Kier alpha value is -2.29. The van der Waals surface area contributed by atoms with E-state index in [4.69, 9.17) is 0 Å². The number of carbonyl (C=O) groups excluding carboxylic acids is 1. The van der Waals surface area contributed by atoms with Gasteiger partial charge in [-0.15, -0.1) is 0 Å². The highest BCUT2D eigenvalue weighted by atomic mass is 16.3. The Morgan fingerprint density at radius 3 is 2.33 bits per heavy atom. The normalized spacial score (nSPS) is 10.3. The quantitative estimate of drug-likeness (QED) is 0.796. The van der Waals surface area contributed by atoms with Gasteiger partial charge in [0.25, 0.3) is 0 Å². The summed E-state index contributed by atoms with van der Waals surface area (Å²) in [6, 6.07) is 9.58. The minimum Gasteiger partial charge on any atom is -0.508 e. The molecule has 2 N–H and O–H groups in total. The van der Waals surface area contributed by atoms with E-state index in [1.54, 1.807) is 6.07 Å². The van der Waals surface area contributed by atoms with Gasteiger partial charge in [0.2, 0.25) is 0 Å². The summed E-state index contributed by atoms with van der Waals surface area (Å²) in [6.07, 6.45) is 0. The number of aromatic hydroxyl groups is 2. The van der Waals surface area contributed by atoms with Crippen LogP contribution in [0.3, 0.4) is 0 Å². The molecule has 0 heterocycles. The van der Waals surface area contributed by atoms with Gasteiger partial charge in [-0.25, -0.2) is 0 Å². The number of ketones is 1. The first-order chi connectivity index (χ1) is 8.49. The lowest BCUT2D eigenvalue weighted by atomic mass is 9.97. The predicted octanol–water partition coefficient (Wildman–Crippen LogP) is 2.95. The zero-order valence-corrected chi connectivity index (χ0v) is 10.3. The maximum atomic E-state index is 12.3. The van der Waals surface area contributed by atoms with Crippen LogP contribution < -0.4 is 0 Å². The Bertz CT molecular complexity index is 615. The molecule has 0 bridgehead atoms. The molecule has 0 aliphatic rings. The molecule has 0 saturated carbocycles. The van der Waals surface area contributed by atoms with E-state index in [-0.39, 0.29) is 22.8 Å².